The summed E-state index contributed by atoms with van der Waals surface area (Å²) < 4.78 is 0. The molecule has 0 bridgehead atoms. The average Bonchev–Trinajstić information content (AvgIpc) is 2.13. The molecular formula is C6H9NOS. The highest BCUT2D eigenvalue weighted by atomic mass is 32.1. The number of aromatic nitrogens is 1. The van der Waals surface area contributed by atoms with Crippen LogP contribution in [0.3, 0.4) is 0 Å². The molecule has 1 N–H and O–H groups in total. The molecule has 1 aromatic rings. The maximum absolute atomic E-state index is 8.62. The van der Waals surface area contributed by atoms with Crippen molar-refractivity contribution in [3.05, 3.63) is 15.6 Å². The summed E-state index contributed by atoms with van der Waals surface area (Å²) in [5, 5.41) is 9.43. The van der Waals surface area contributed by atoms with Crippen LogP contribution in [0.5, 0.6) is 0 Å². The van der Waals surface area contributed by atoms with Gasteiger partial charge >= 0.3 is 0 Å². The van der Waals surface area contributed by atoms with Crippen LogP contribution in [0, 0.1) is 13.8 Å². The van der Waals surface area contributed by atoms with Crippen molar-refractivity contribution in [2.75, 3.05) is 0 Å². The molecule has 0 aliphatic carbocycles. The van der Waals surface area contributed by atoms with E-state index in [1.165, 1.54) is 4.88 Å². The summed E-state index contributed by atoms with van der Waals surface area (Å²) in [6, 6.07) is 0. The van der Waals surface area contributed by atoms with Gasteiger partial charge in [-0.05, 0) is 13.8 Å². The van der Waals surface area contributed by atoms with E-state index in [1.54, 1.807) is 11.3 Å². The van der Waals surface area contributed by atoms with E-state index in [9.17, 15) is 0 Å². The van der Waals surface area contributed by atoms with Gasteiger partial charge in [-0.2, -0.15) is 0 Å². The predicted octanol–water partition coefficient (Wildman–Crippen LogP) is 1.25. The summed E-state index contributed by atoms with van der Waals surface area (Å²) in [5.41, 5.74) is 1.03. The number of aryl methyl sites for hydroxylation is 2. The topological polar surface area (TPSA) is 33.1 Å². The van der Waals surface area contributed by atoms with Gasteiger partial charge in [-0.15, -0.1) is 11.3 Å². The van der Waals surface area contributed by atoms with Crippen molar-refractivity contribution in [3.63, 3.8) is 0 Å². The Morgan fingerprint density at radius 2 is 2.22 bits per heavy atom. The van der Waals surface area contributed by atoms with Crippen molar-refractivity contribution in [1.29, 1.82) is 0 Å². The first-order chi connectivity index (χ1) is 4.24. The lowest BCUT2D eigenvalue weighted by Crippen LogP contribution is -1.79. The third-order valence-electron chi connectivity index (χ3n) is 1.21. The number of aliphatic hydroxyl groups excluding tert-OH is 1. The van der Waals surface area contributed by atoms with Gasteiger partial charge in [-0.3, -0.25) is 0 Å². The van der Waals surface area contributed by atoms with Gasteiger partial charge < -0.3 is 5.11 Å². The first-order valence-electron chi connectivity index (χ1n) is 2.78. The minimum atomic E-state index is 0.0688. The minimum absolute atomic E-state index is 0.0688. The van der Waals surface area contributed by atoms with Gasteiger partial charge in [0, 0.05) is 4.88 Å². The van der Waals surface area contributed by atoms with Gasteiger partial charge in [0.2, 0.25) is 0 Å². The molecule has 0 unspecified atom stereocenters. The summed E-state index contributed by atoms with van der Waals surface area (Å²) in [6.07, 6.45) is 0. The summed E-state index contributed by atoms with van der Waals surface area (Å²) >= 11 is 1.55. The number of hydrogen-bond acceptors (Lipinski definition) is 3. The van der Waals surface area contributed by atoms with E-state index >= 15 is 0 Å². The van der Waals surface area contributed by atoms with Crippen molar-refractivity contribution in [2.45, 2.75) is 20.5 Å². The molecule has 0 radical (unpaired) electrons. The van der Waals surface area contributed by atoms with Crippen LogP contribution in [0.15, 0.2) is 0 Å². The zero-order chi connectivity index (χ0) is 6.85. The van der Waals surface area contributed by atoms with E-state index in [-0.39, 0.29) is 6.61 Å². The summed E-state index contributed by atoms with van der Waals surface area (Å²) in [5.74, 6) is 0. The van der Waals surface area contributed by atoms with E-state index < -0.39 is 0 Å². The highest BCUT2D eigenvalue weighted by Gasteiger charge is 1.99. The van der Waals surface area contributed by atoms with Crippen LogP contribution in [0.4, 0.5) is 0 Å². The van der Waals surface area contributed by atoms with Crippen LogP contribution in [0.25, 0.3) is 0 Å². The van der Waals surface area contributed by atoms with Crippen LogP contribution >= 0.6 is 11.3 Å². The van der Waals surface area contributed by atoms with Crippen molar-refractivity contribution in [3.8, 4) is 0 Å². The lowest BCUT2D eigenvalue weighted by atomic mass is 10.4. The number of aliphatic hydroxyl groups is 1. The van der Waals surface area contributed by atoms with Gasteiger partial charge in [0.25, 0.3) is 0 Å². The predicted molar refractivity (Wildman–Crippen MR) is 37.5 cm³/mol. The number of nitrogens with zero attached hydrogens (tertiary/aromatic N) is 1. The van der Waals surface area contributed by atoms with E-state index in [2.05, 4.69) is 4.98 Å². The minimum Gasteiger partial charge on any atom is -0.389 e. The maximum Gasteiger partial charge on any atom is 0.119 e. The Kier molecular flexibility index (Phi) is 1.83. The molecule has 0 aromatic carbocycles. The fourth-order valence-electron chi connectivity index (χ4n) is 0.607. The average molecular weight is 143 g/mol. The zero-order valence-corrected chi connectivity index (χ0v) is 6.33. The maximum atomic E-state index is 8.62. The quantitative estimate of drug-likeness (QED) is 0.642. The summed E-state index contributed by atoms with van der Waals surface area (Å²) in [6.45, 7) is 4.02. The first kappa shape index (κ1) is 6.71. The van der Waals surface area contributed by atoms with Crippen molar-refractivity contribution in [1.82, 2.24) is 4.98 Å². The van der Waals surface area contributed by atoms with Crippen LogP contribution in [0.2, 0.25) is 0 Å². The zero-order valence-electron chi connectivity index (χ0n) is 5.51. The fourth-order valence-corrected chi connectivity index (χ4v) is 1.40. The molecule has 0 spiro atoms. The smallest absolute Gasteiger partial charge is 0.119 e. The SMILES string of the molecule is Cc1nc(CO)sc1C. The summed E-state index contributed by atoms with van der Waals surface area (Å²) in [4.78, 5) is 5.29. The fraction of sp³-hybridized carbons (Fsp3) is 0.500. The molecule has 0 saturated heterocycles. The van der Waals surface area contributed by atoms with Gasteiger partial charge in [0.15, 0.2) is 0 Å². The van der Waals surface area contributed by atoms with Crippen molar-refractivity contribution >= 4 is 11.3 Å². The molecule has 0 fully saturated rings. The monoisotopic (exact) mass is 143 g/mol. The molecule has 1 aromatic heterocycles. The largest absolute Gasteiger partial charge is 0.389 e. The molecule has 0 saturated carbocycles. The Morgan fingerprint density at radius 3 is 2.44 bits per heavy atom. The molecular weight excluding hydrogens is 134 g/mol. The first-order valence-corrected chi connectivity index (χ1v) is 3.59. The van der Waals surface area contributed by atoms with E-state index in [1.807, 2.05) is 13.8 Å². The molecule has 1 rings (SSSR count). The third kappa shape index (κ3) is 1.28. The Bertz CT molecular complexity index is 187. The Hall–Kier alpha value is -0.410. The second-order valence-corrected chi connectivity index (χ2v) is 3.20. The molecule has 2 nitrogen and oxygen atoms in total. The van der Waals surface area contributed by atoms with E-state index in [4.69, 9.17) is 5.11 Å². The van der Waals surface area contributed by atoms with Crippen LogP contribution in [-0.2, 0) is 6.61 Å². The third-order valence-corrected chi connectivity index (χ3v) is 2.27. The molecule has 1 heterocycles. The second-order valence-electron chi connectivity index (χ2n) is 1.91. The number of rotatable bonds is 1. The Morgan fingerprint density at radius 1 is 1.56 bits per heavy atom. The van der Waals surface area contributed by atoms with Crippen molar-refractivity contribution in [2.24, 2.45) is 0 Å². The number of hydrogen-bond donors (Lipinski definition) is 1. The normalized spacial score (nSPS) is 10.1. The molecule has 0 amide bonds. The van der Waals surface area contributed by atoms with Crippen LogP contribution < -0.4 is 0 Å². The van der Waals surface area contributed by atoms with Crippen LogP contribution in [0.1, 0.15) is 15.6 Å². The lowest BCUT2D eigenvalue weighted by Gasteiger charge is -1.79. The highest BCUT2D eigenvalue weighted by molar-refractivity contribution is 7.11. The van der Waals surface area contributed by atoms with Crippen LogP contribution in [-0.4, -0.2) is 10.1 Å². The lowest BCUT2D eigenvalue weighted by molar-refractivity contribution is 0.281. The summed E-state index contributed by atoms with van der Waals surface area (Å²) in [7, 11) is 0. The van der Waals surface area contributed by atoms with Gasteiger partial charge in [0.05, 0.1) is 12.3 Å². The van der Waals surface area contributed by atoms with Gasteiger partial charge in [-0.1, -0.05) is 0 Å². The standard InChI is InChI=1S/C6H9NOS/c1-4-5(2)9-6(3-8)7-4/h8H,3H2,1-2H3. The highest BCUT2D eigenvalue weighted by Crippen LogP contribution is 2.15. The molecule has 0 aliphatic heterocycles. The van der Waals surface area contributed by atoms with Gasteiger partial charge in [0.1, 0.15) is 5.01 Å². The molecule has 9 heavy (non-hydrogen) atoms. The number of thiazole rings is 1. The van der Waals surface area contributed by atoms with Gasteiger partial charge in [-0.25, -0.2) is 4.98 Å². The molecule has 50 valence electrons. The Balaban J connectivity index is 2.98. The molecule has 3 heteroatoms. The Labute approximate surface area is 58.2 Å². The molecule has 0 atom stereocenters. The van der Waals surface area contributed by atoms with Crippen molar-refractivity contribution < 1.29 is 5.11 Å². The molecule has 0 aliphatic rings. The second kappa shape index (κ2) is 2.45. The van der Waals surface area contributed by atoms with E-state index in [0.717, 1.165) is 10.7 Å². The van der Waals surface area contributed by atoms with E-state index in [0.29, 0.717) is 0 Å².